The summed E-state index contributed by atoms with van der Waals surface area (Å²) in [6.45, 7) is 4.35. The zero-order chi connectivity index (χ0) is 30.2. The Labute approximate surface area is 256 Å². The number of fused-ring (bicyclic) bond motifs is 2. The number of aliphatic hydroxyl groups is 1. The quantitative estimate of drug-likeness (QED) is 0.148. The summed E-state index contributed by atoms with van der Waals surface area (Å²) in [6, 6.07) is 7.48. The molecule has 2 aliphatic carbocycles. The molecule has 1 aromatic carbocycles. The highest BCUT2D eigenvalue weighted by Gasteiger charge is 2.52. The number of amides is 1. The summed E-state index contributed by atoms with van der Waals surface area (Å²) in [7, 11) is 0. The number of benzene rings is 1. The number of nitrogens with one attached hydrogen (secondary N) is 1. The second-order valence-corrected chi connectivity index (χ2v) is 12.6. The molecule has 2 saturated heterocycles. The van der Waals surface area contributed by atoms with Crippen molar-refractivity contribution < 1.29 is 33.6 Å². The van der Waals surface area contributed by atoms with Gasteiger partial charge in [-0.1, -0.05) is 63.8 Å². The van der Waals surface area contributed by atoms with Crippen LogP contribution >= 0.6 is 0 Å². The summed E-state index contributed by atoms with van der Waals surface area (Å²) in [4.78, 5) is 26.5. The minimum atomic E-state index is -0.757. The van der Waals surface area contributed by atoms with E-state index >= 15 is 0 Å². The molecule has 2 heterocycles. The Morgan fingerprint density at radius 1 is 1.07 bits per heavy atom. The molecule has 2 N–H and O–H groups in total. The van der Waals surface area contributed by atoms with Crippen LogP contribution in [0.3, 0.4) is 0 Å². The van der Waals surface area contributed by atoms with Crippen molar-refractivity contribution in [3.63, 3.8) is 0 Å². The maximum Gasteiger partial charge on any atom is 0.338 e. The van der Waals surface area contributed by atoms with Crippen LogP contribution < -0.4 is 5.32 Å². The van der Waals surface area contributed by atoms with Crippen LogP contribution in [0.15, 0.2) is 42.0 Å². The van der Waals surface area contributed by atoms with Gasteiger partial charge in [0, 0.05) is 31.4 Å². The second-order valence-electron chi connectivity index (χ2n) is 12.6. The van der Waals surface area contributed by atoms with Gasteiger partial charge < -0.3 is 29.4 Å². The van der Waals surface area contributed by atoms with Crippen LogP contribution in [-0.2, 0) is 23.7 Å². The highest BCUT2D eigenvalue weighted by atomic mass is 16.8. The molecule has 236 valence electrons. The molecule has 3 fully saturated rings. The number of aliphatic hydroxyl groups excluding tert-OH is 1. The van der Waals surface area contributed by atoms with E-state index in [2.05, 4.69) is 31.3 Å². The number of carbonyl (C=O) groups excluding carboxylic acids is 2. The van der Waals surface area contributed by atoms with Crippen molar-refractivity contribution in [2.45, 2.75) is 127 Å². The topological polar surface area (TPSA) is 107 Å². The fourth-order valence-electron chi connectivity index (χ4n) is 6.71. The van der Waals surface area contributed by atoms with Gasteiger partial charge >= 0.3 is 5.97 Å². The molecule has 0 aromatic heterocycles. The molecule has 0 bridgehead atoms. The number of ether oxygens (including phenoxy) is 4. The Hall–Kier alpha value is -2.52. The van der Waals surface area contributed by atoms with Crippen LogP contribution in [0.2, 0.25) is 0 Å². The zero-order valence-electron chi connectivity index (χ0n) is 25.8. The lowest BCUT2D eigenvalue weighted by atomic mass is 9.88. The minimum absolute atomic E-state index is 0.151. The SMILES string of the molecule is CCCCCC1(CCCCC)O[C@@H]2[C@@H](C=C(C(=O)NCCO)C[C@H]2OC(=O)c2cccc(C=CC3CCC4OC4C3)c2)O1. The first-order valence-electron chi connectivity index (χ1n) is 16.5. The first kappa shape index (κ1) is 31.9. The van der Waals surface area contributed by atoms with Crippen molar-refractivity contribution in [2.24, 2.45) is 5.92 Å². The van der Waals surface area contributed by atoms with E-state index in [0.717, 1.165) is 76.2 Å². The first-order valence-corrected chi connectivity index (χ1v) is 16.5. The van der Waals surface area contributed by atoms with Crippen LogP contribution in [-0.4, -0.2) is 66.4 Å². The van der Waals surface area contributed by atoms with E-state index in [1.807, 2.05) is 24.3 Å². The molecule has 1 amide bonds. The maximum atomic E-state index is 13.5. The molecule has 5 rings (SSSR count). The third-order valence-corrected chi connectivity index (χ3v) is 9.18. The van der Waals surface area contributed by atoms with E-state index in [0.29, 0.717) is 29.3 Å². The lowest BCUT2D eigenvalue weighted by Gasteiger charge is -2.31. The summed E-state index contributed by atoms with van der Waals surface area (Å²) in [6.07, 6.45) is 16.8. The number of carbonyl (C=O) groups is 2. The molecule has 0 spiro atoms. The highest BCUT2D eigenvalue weighted by Crippen LogP contribution is 2.43. The van der Waals surface area contributed by atoms with Crippen molar-refractivity contribution in [3.8, 4) is 0 Å². The standard InChI is InChI=1S/C35H49NO7/c1-3-5-7-16-35(17-8-6-4-2)42-31-23-27(33(38)36-18-19-37)22-30(32(31)43-35)41-34(39)26-11-9-10-24(20-26)12-13-25-14-15-28-29(21-25)40-28/h9-13,20,23,25,28-32,37H,3-8,14-19,21-22H2,1-2H3,(H,36,38)/t25?,28?,29?,30-,31-,32+/m1/s1. The molecular formula is C35H49NO7. The summed E-state index contributed by atoms with van der Waals surface area (Å²) in [5, 5.41) is 12.0. The summed E-state index contributed by atoms with van der Waals surface area (Å²) >= 11 is 0. The number of rotatable bonds is 15. The van der Waals surface area contributed by atoms with Crippen molar-refractivity contribution in [3.05, 3.63) is 53.1 Å². The van der Waals surface area contributed by atoms with Crippen molar-refractivity contribution in [1.29, 1.82) is 0 Å². The molecule has 8 heteroatoms. The summed E-state index contributed by atoms with van der Waals surface area (Å²) in [5.41, 5.74) is 1.90. The van der Waals surface area contributed by atoms with Gasteiger partial charge in [-0.2, -0.15) is 0 Å². The Balaban J connectivity index is 1.31. The highest BCUT2D eigenvalue weighted by molar-refractivity contribution is 5.94. The molecule has 2 aliphatic heterocycles. The normalized spacial score (nSPS) is 29.0. The lowest BCUT2D eigenvalue weighted by Crippen LogP contribution is -2.43. The van der Waals surface area contributed by atoms with Crippen LogP contribution in [0.25, 0.3) is 6.08 Å². The molecule has 1 saturated carbocycles. The van der Waals surface area contributed by atoms with Gasteiger partial charge in [-0.15, -0.1) is 0 Å². The second kappa shape index (κ2) is 15.0. The summed E-state index contributed by atoms with van der Waals surface area (Å²) < 4.78 is 25.1. The number of hydrogen-bond acceptors (Lipinski definition) is 7. The molecule has 8 nitrogen and oxygen atoms in total. The first-order chi connectivity index (χ1) is 20.9. The Morgan fingerprint density at radius 2 is 1.86 bits per heavy atom. The molecule has 3 unspecified atom stereocenters. The molecular weight excluding hydrogens is 546 g/mol. The van der Waals surface area contributed by atoms with Gasteiger partial charge in [0.1, 0.15) is 18.3 Å². The Morgan fingerprint density at radius 3 is 2.58 bits per heavy atom. The maximum absolute atomic E-state index is 13.5. The van der Waals surface area contributed by atoms with Gasteiger partial charge in [0.15, 0.2) is 5.79 Å². The molecule has 1 aromatic rings. The number of unbranched alkanes of at least 4 members (excludes halogenated alkanes) is 4. The molecule has 4 aliphatic rings. The Kier molecular flexibility index (Phi) is 11.1. The third kappa shape index (κ3) is 8.35. The van der Waals surface area contributed by atoms with Crippen molar-refractivity contribution in [1.82, 2.24) is 5.32 Å². The smallest absolute Gasteiger partial charge is 0.338 e. The van der Waals surface area contributed by atoms with E-state index < -0.39 is 30.1 Å². The van der Waals surface area contributed by atoms with Crippen LogP contribution in [0.5, 0.6) is 0 Å². The molecule has 43 heavy (non-hydrogen) atoms. The van der Waals surface area contributed by atoms with E-state index in [-0.39, 0.29) is 25.5 Å². The lowest BCUT2D eigenvalue weighted by molar-refractivity contribution is -0.190. The van der Waals surface area contributed by atoms with Crippen LogP contribution in [0.1, 0.15) is 107 Å². The van der Waals surface area contributed by atoms with Gasteiger partial charge in [0.05, 0.1) is 24.4 Å². The largest absolute Gasteiger partial charge is 0.456 e. The fourth-order valence-corrected chi connectivity index (χ4v) is 6.71. The van der Waals surface area contributed by atoms with Crippen molar-refractivity contribution in [2.75, 3.05) is 13.2 Å². The predicted molar refractivity (Wildman–Crippen MR) is 164 cm³/mol. The monoisotopic (exact) mass is 595 g/mol. The molecule has 6 atom stereocenters. The van der Waals surface area contributed by atoms with Gasteiger partial charge in [0.2, 0.25) is 5.91 Å². The zero-order valence-corrected chi connectivity index (χ0v) is 25.8. The fraction of sp³-hybridized carbons (Fsp3) is 0.657. The Bertz CT molecular complexity index is 1150. The average molecular weight is 596 g/mol. The number of esters is 1. The van der Waals surface area contributed by atoms with Gasteiger partial charge in [-0.25, -0.2) is 4.79 Å². The van der Waals surface area contributed by atoms with Crippen LogP contribution in [0.4, 0.5) is 0 Å². The minimum Gasteiger partial charge on any atom is -0.456 e. The third-order valence-electron chi connectivity index (χ3n) is 9.18. The van der Waals surface area contributed by atoms with E-state index in [1.165, 1.54) is 0 Å². The van der Waals surface area contributed by atoms with Gasteiger partial charge in [-0.3, -0.25) is 4.79 Å². The number of epoxide rings is 1. The predicted octanol–water partition coefficient (Wildman–Crippen LogP) is 5.87. The summed E-state index contributed by atoms with van der Waals surface area (Å²) in [5.74, 6) is -0.992. The molecule has 0 radical (unpaired) electrons. The average Bonchev–Trinajstić information content (AvgIpc) is 3.70. The van der Waals surface area contributed by atoms with Crippen molar-refractivity contribution >= 4 is 18.0 Å². The van der Waals surface area contributed by atoms with E-state index in [9.17, 15) is 14.7 Å². The van der Waals surface area contributed by atoms with Crippen LogP contribution in [0, 0.1) is 5.92 Å². The number of allylic oxidation sites excluding steroid dienone is 1. The number of hydrogen-bond donors (Lipinski definition) is 2. The van der Waals surface area contributed by atoms with E-state index in [1.54, 1.807) is 6.07 Å². The van der Waals surface area contributed by atoms with E-state index in [4.69, 9.17) is 18.9 Å². The van der Waals surface area contributed by atoms with Gasteiger partial charge in [0.25, 0.3) is 0 Å². The van der Waals surface area contributed by atoms with Gasteiger partial charge in [-0.05, 0) is 61.8 Å².